The molecule has 1 unspecified atom stereocenters. The molecule has 0 spiro atoms. The van der Waals surface area contributed by atoms with Gasteiger partial charge < -0.3 is 20.1 Å². The number of carbonyl (C=O) groups is 2. The van der Waals surface area contributed by atoms with E-state index in [4.69, 9.17) is 4.74 Å². The van der Waals surface area contributed by atoms with Crippen molar-refractivity contribution in [3.05, 3.63) is 88.7 Å². The fourth-order valence-electron chi connectivity index (χ4n) is 3.76. The molecule has 2 aromatic heterocycles. The third-order valence-corrected chi connectivity index (χ3v) is 5.33. The van der Waals surface area contributed by atoms with Crippen molar-refractivity contribution in [3.63, 3.8) is 0 Å². The summed E-state index contributed by atoms with van der Waals surface area (Å²) in [6, 6.07) is 16.9. The van der Waals surface area contributed by atoms with Gasteiger partial charge in [0.05, 0.1) is 18.4 Å². The van der Waals surface area contributed by atoms with Gasteiger partial charge in [0.25, 0.3) is 0 Å². The zero-order chi connectivity index (χ0) is 23.0. The van der Waals surface area contributed by atoms with Crippen LogP contribution in [0.15, 0.2) is 60.7 Å². The number of nitrogens with zero attached hydrogens (tertiary/aromatic N) is 2. The van der Waals surface area contributed by atoms with E-state index >= 15 is 0 Å². The van der Waals surface area contributed by atoms with Gasteiger partial charge in [-0.3, -0.25) is 4.40 Å². The average molecular weight is 432 g/mol. The first-order chi connectivity index (χ1) is 15.3. The second-order valence-corrected chi connectivity index (χ2v) is 7.25. The number of pyridine rings is 1. The molecule has 4 rings (SSSR count). The van der Waals surface area contributed by atoms with E-state index in [0.29, 0.717) is 28.0 Å². The van der Waals surface area contributed by atoms with Crippen LogP contribution in [0.2, 0.25) is 0 Å². The van der Waals surface area contributed by atoms with Crippen molar-refractivity contribution in [2.24, 2.45) is 0 Å². The SMILES string of the molecule is COc1nc2c(C)ccc(C(O)c3ccc(-c4ccccc4C(=O)O)cc3)n2c1C(=O)O. The van der Waals surface area contributed by atoms with Gasteiger partial charge in [-0.1, -0.05) is 48.5 Å². The molecule has 0 aliphatic rings. The van der Waals surface area contributed by atoms with Crippen LogP contribution in [0.1, 0.15) is 43.8 Å². The molecule has 162 valence electrons. The van der Waals surface area contributed by atoms with Crippen molar-refractivity contribution in [1.29, 1.82) is 0 Å². The predicted octanol–water partition coefficient (Wildman–Crippen LogP) is 3.80. The Hall–Kier alpha value is -4.17. The van der Waals surface area contributed by atoms with Crippen molar-refractivity contribution in [3.8, 4) is 17.0 Å². The molecule has 0 saturated carbocycles. The van der Waals surface area contributed by atoms with Crippen LogP contribution in [-0.4, -0.2) is 43.8 Å². The van der Waals surface area contributed by atoms with Gasteiger partial charge >= 0.3 is 11.9 Å². The van der Waals surface area contributed by atoms with Crippen LogP contribution in [0.5, 0.6) is 5.88 Å². The number of benzene rings is 2. The number of aliphatic hydroxyl groups is 1. The zero-order valence-electron chi connectivity index (χ0n) is 17.3. The smallest absolute Gasteiger partial charge is 0.358 e. The number of aromatic nitrogens is 2. The molecule has 8 heteroatoms. The molecule has 32 heavy (non-hydrogen) atoms. The van der Waals surface area contributed by atoms with E-state index in [1.807, 2.05) is 0 Å². The number of aryl methyl sites for hydroxylation is 1. The molecular formula is C24H20N2O6. The number of fused-ring (bicyclic) bond motifs is 1. The summed E-state index contributed by atoms with van der Waals surface area (Å²) in [6.07, 6.45) is -1.15. The Kier molecular flexibility index (Phi) is 5.38. The molecule has 8 nitrogen and oxygen atoms in total. The first-order valence-electron chi connectivity index (χ1n) is 9.73. The summed E-state index contributed by atoms with van der Waals surface area (Å²) in [5.41, 5.74) is 3.18. The lowest BCUT2D eigenvalue weighted by Crippen LogP contribution is -2.12. The average Bonchev–Trinajstić information content (AvgIpc) is 3.20. The lowest BCUT2D eigenvalue weighted by atomic mass is 9.97. The summed E-state index contributed by atoms with van der Waals surface area (Å²) in [7, 11) is 1.34. The molecular weight excluding hydrogens is 412 g/mol. The minimum atomic E-state index is -1.23. The van der Waals surface area contributed by atoms with Gasteiger partial charge in [-0.2, -0.15) is 4.98 Å². The Morgan fingerprint density at radius 1 is 0.969 bits per heavy atom. The van der Waals surface area contributed by atoms with Gasteiger partial charge in [0.1, 0.15) is 11.8 Å². The van der Waals surface area contributed by atoms with E-state index in [9.17, 15) is 24.9 Å². The number of imidazole rings is 1. The molecule has 4 aromatic rings. The number of aliphatic hydroxyl groups excluding tert-OH is 1. The van der Waals surface area contributed by atoms with Crippen LogP contribution in [-0.2, 0) is 0 Å². The van der Waals surface area contributed by atoms with Crippen molar-refractivity contribution >= 4 is 17.6 Å². The van der Waals surface area contributed by atoms with E-state index in [0.717, 1.165) is 5.56 Å². The van der Waals surface area contributed by atoms with E-state index < -0.39 is 18.0 Å². The molecule has 0 radical (unpaired) electrons. The normalized spacial score (nSPS) is 12.0. The molecule has 0 amide bonds. The van der Waals surface area contributed by atoms with Crippen molar-refractivity contribution in [2.45, 2.75) is 13.0 Å². The van der Waals surface area contributed by atoms with Gasteiger partial charge in [-0.05, 0) is 41.3 Å². The van der Waals surface area contributed by atoms with Crippen LogP contribution in [0.25, 0.3) is 16.8 Å². The highest BCUT2D eigenvalue weighted by molar-refractivity contribution is 5.96. The quantitative estimate of drug-likeness (QED) is 0.424. The highest BCUT2D eigenvalue weighted by Crippen LogP contribution is 2.31. The van der Waals surface area contributed by atoms with Crippen LogP contribution >= 0.6 is 0 Å². The lowest BCUT2D eigenvalue weighted by molar-refractivity contribution is 0.0678. The molecule has 0 fully saturated rings. The molecule has 1 atom stereocenters. The van der Waals surface area contributed by atoms with Crippen LogP contribution < -0.4 is 4.74 Å². The minimum absolute atomic E-state index is 0.0409. The number of carboxylic acids is 2. The first kappa shape index (κ1) is 21.1. The third kappa shape index (κ3) is 3.46. The van der Waals surface area contributed by atoms with E-state index in [-0.39, 0.29) is 17.1 Å². The number of hydrogen-bond acceptors (Lipinski definition) is 5. The summed E-state index contributed by atoms with van der Waals surface area (Å²) in [5.74, 6) is -2.29. The Balaban J connectivity index is 1.80. The van der Waals surface area contributed by atoms with E-state index in [1.165, 1.54) is 17.6 Å². The number of aromatic carboxylic acids is 2. The summed E-state index contributed by atoms with van der Waals surface area (Å²) in [5, 5.41) is 30.2. The topological polar surface area (TPSA) is 121 Å². The van der Waals surface area contributed by atoms with Gasteiger partial charge in [-0.15, -0.1) is 0 Å². The first-order valence-corrected chi connectivity index (χ1v) is 9.73. The number of hydrogen-bond donors (Lipinski definition) is 3. The molecule has 2 heterocycles. The number of methoxy groups -OCH3 is 1. The summed E-state index contributed by atoms with van der Waals surface area (Å²) < 4.78 is 6.52. The molecule has 3 N–H and O–H groups in total. The number of carboxylic acid groups (broad SMARTS) is 2. The van der Waals surface area contributed by atoms with E-state index in [1.54, 1.807) is 61.5 Å². The summed E-state index contributed by atoms with van der Waals surface area (Å²) in [6.45, 7) is 1.79. The maximum Gasteiger partial charge on any atom is 0.358 e. The predicted molar refractivity (Wildman–Crippen MR) is 116 cm³/mol. The number of ether oxygens (including phenoxy) is 1. The van der Waals surface area contributed by atoms with Crippen LogP contribution in [0.3, 0.4) is 0 Å². The van der Waals surface area contributed by atoms with Gasteiger partial charge in [0, 0.05) is 0 Å². The fourth-order valence-corrected chi connectivity index (χ4v) is 3.76. The van der Waals surface area contributed by atoms with Crippen molar-refractivity contribution in [1.82, 2.24) is 9.38 Å². The Bertz CT molecular complexity index is 1340. The highest BCUT2D eigenvalue weighted by atomic mass is 16.5. The second-order valence-electron chi connectivity index (χ2n) is 7.25. The minimum Gasteiger partial charge on any atom is -0.479 e. The van der Waals surface area contributed by atoms with Gasteiger partial charge in [0.15, 0.2) is 5.69 Å². The lowest BCUT2D eigenvalue weighted by Gasteiger charge is -2.16. The number of rotatable bonds is 6. The molecule has 0 aliphatic carbocycles. The second kappa shape index (κ2) is 8.16. The van der Waals surface area contributed by atoms with Crippen LogP contribution in [0.4, 0.5) is 0 Å². The molecule has 0 saturated heterocycles. The Morgan fingerprint density at radius 3 is 2.28 bits per heavy atom. The molecule has 2 aromatic carbocycles. The van der Waals surface area contributed by atoms with Crippen molar-refractivity contribution in [2.75, 3.05) is 7.11 Å². The van der Waals surface area contributed by atoms with Gasteiger partial charge in [-0.25, -0.2) is 9.59 Å². The Labute approximate surface area is 183 Å². The largest absolute Gasteiger partial charge is 0.479 e. The third-order valence-electron chi connectivity index (χ3n) is 5.33. The van der Waals surface area contributed by atoms with Crippen molar-refractivity contribution < 1.29 is 29.6 Å². The fraction of sp³-hybridized carbons (Fsp3) is 0.125. The zero-order valence-corrected chi connectivity index (χ0v) is 17.3. The van der Waals surface area contributed by atoms with Crippen LogP contribution in [0, 0.1) is 6.92 Å². The van der Waals surface area contributed by atoms with E-state index in [2.05, 4.69) is 4.98 Å². The Morgan fingerprint density at radius 2 is 1.66 bits per heavy atom. The highest BCUT2D eigenvalue weighted by Gasteiger charge is 2.25. The monoisotopic (exact) mass is 432 g/mol. The standard InChI is InChI=1S/C24H20N2O6/c1-13-7-12-18(26-19(24(30)31)22(32-2)25-21(13)26)20(27)15-10-8-14(9-11-15)16-5-3-4-6-17(16)23(28)29/h3-12,20,27H,1-2H3,(H,28,29)(H,30,31). The molecule has 0 aliphatic heterocycles. The molecule has 0 bridgehead atoms. The maximum absolute atomic E-state index is 11.9. The maximum atomic E-state index is 11.9. The van der Waals surface area contributed by atoms with Gasteiger partial charge in [0.2, 0.25) is 5.88 Å². The summed E-state index contributed by atoms with van der Waals surface area (Å²) >= 11 is 0. The summed E-state index contributed by atoms with van der Waals surface area (Å²) in [4.78, 5) is 27.7.